The zero-order chi connectivity index (χ0) is 26.9. The standard InChI is InChI=1S/C29H40Br2N4O3/c30-25-5-1-3-23(19-25)21-27(34-11-7-32(8-12-34)15-17-36)29(38)28(22-24-4-2-6-26(31)20-24)35-13-9-33(10-14-35)16-18-37/h1-6,19-20,27-28,36-37H,7-18,21-22H2. The number of rotatable bonds is 12. The maximum atomic E-state index is 14.6. The number of piperazine rings is 2. The van der Waals surface area contributed by atoms with Gasteiger partial charge in [0.25, 0.3) is 0 Å². The molecule has 2 fully saturated rings. The summed E-state index contributed by atoms with van der Waals surface area (Å²) in [6, 6.07) is 16.2. The minimum absolute atomic E-state index is 0.164. The molecule has 0 radical (unpaired) electrons. The number of aliphatic hydroxyl groups is 2. The molecule has 208 valence electrons. The Bertz CT molecular complexity index is 947. The molecule has 2 saturated heterocycles. The van der Waals surface area contributed by atoms with Crippen LogP contribution in [-0.2, 0) is 17.6 Å². The molecule has 2 aliphatic rings. The third-order valence-corrected chi connectivity index (χ3v) is 8.81. The van der Waals surface area contributed by atoms with E-state index >= 15 is 0 Å². The molecular formula is C29H40Br2N4O3. The Morgan fingerprint density at radius 1 is 0.684 bits per heavy atom. The summed E-state index contributed by atoms with van der Waals surface area (Å²) in [6.45, 7) is 8.40. The molecule has 4 rings (SSSR count). The van der Waals surface area contributed by atoms with E-state index in [0.29, 0.717) is 25.9 Å². The SMILES string of the molecule is O=C(C(Cc1cccc(Br)c1)N1CCN(CCO)CC1)C(Cc1cccc(Br)c1)N1CCN(CCO)CC1. The molecule has 0 bridgehead atoms. The van der Waals surface area contributed by atoms with Crippen molar-refractivity contribution in [1.29, 1.82) is 0 Å². The van der Waals surface area contributed by atoms with Gasteiger partial charge in [-0.3, -0.25) is 24.4 Å². The lowest BCUT2D eigenvalue weighted by atomic mass is 9.91. The van der Waals surface area contributed by atoms with Gasteiger partial charge in [-0.1, -0.05) is 56.1 Å². The second kappa shape index (κ2) is 15.0. The van der Waals surface area contributed by atoms with Gasteiger partial charge < -0.3 is 10.2 Å². The first-order valence-electron chi connectivity index (χ1n) is 13.6. The summed E-state index contributed by atoms with van der Waals surface area (Å²) in [5.74, 6) is 0.288. The summed E-state index contributed by atoms with van der Waals surface area (Å²) in [7, 11) is 0. The van der Waals surface area contributed by atoms with Gasteiger partial charge in [-0.2, -0.15) is 0 Å². The van der Waals surface area contributed by atoms with Gasteiger partial charge in [0, 0.05) is 74.4 Å². The highest BCUT2D eigenvalue weighted by Crippen LogP contribution is 2.23. The number of benzene rings is 2. The Labute approximate surface area is 243 Å². The number of β-amino-alcohol motifs (C(OH)–C–C–N with tert-alkyl or cyclic N) is 2. The third kappa shape index (κ3) is 8.41. The molecule has 2 N–H and O–H groups in total. The molecule has 2 aliphatic heterocycles. The van der Waals surface area contributed by atoms with Gasteiger partial charge in [0.15, 0.2) is 5.78 Å². The van der Waals surface area contributed by atoms with E-state index in [0.717, 1.165) is 72.4 Å². The van der Waals surface area contributed by atoms with Crippen LogP contribution in [0.1, 0.15) is 11.1 Å². The Kier molecular flexibility index (Phi) is 11.8. The molecular weight excluding hydrogens is 612 g/mol. The van der Waals surface area contributed by atoms with Gasteiger partial charge in [0.2, 0.25) is 0 Å². The molecule has 2 heterocycles. The fourth-order valence-electron chi connectivity index (χ4n) is 5.70. The zero-order valence-corrected chi connectivity index (χ0v) is 25.2. The van der Waals surface area contributed by atoms with Crippen LogP contribution in [0.5, 0.6) is 0 Å². The lowest BCUT2D eigenvalue weighted by Gasteiger charge is -2.43. The van der Waals surface area contributed by atoms with E-state index in [1.54, 1.807) is 0 Å². The second-order valence-electron chi connectivity index (χ2n) is 10.3. The summed E-state index contributed by atoms with van der Waals surface area (Å²) in [6.07, 6.45) is 1.36. The molecule has 2 aromatic carbocycles. The number of halogens is 2. The first-order valence-corrected chi connectivity index (χ1v) is 15.2. The second-order valence-corrected chi connectivity index (χ2v) is 12.1. The smallest absolute Gasteiger partial charge is 0.167 e. The van der Waals surface area contributed by atoms with Crippen LogP contribution in [-0.4, -0.2) is 126 Å². The molecule has 2 unspecified atom stereocenters. The van der Waals surface area contributed by atoms with Gasteiger partial charge in [0.05, 0.1) is 25.3 Å². The zero-order valence-electron chi connectivity index (χ0n) is 22.0. The molecule has 0 aliphatic carbocycles. The van der Waals surface area contributed by atoms with Gasteiger partial charge in [-0.05, 0) is 48.2 Å². The summed E-state index contributed by atoms with van der Waals surface area (Å²) in [5, 5.41) is 18.8. The van der Waals surface area contributed by atoms with Crippen molar-refractivity contribution in [3.8, 4) is 0 Å². The predicted molar refractivity (Wildman–Crippen MR) is 158 cm³/mol. The number of carbonyl (C=O) groups excluding carboxylic acids is 1. The van der Waals surface area contributed by atoms with E-state index in [9.17, 15) is 15.0 Å². The van der Waals surface area contributed by atoms with Gasteiger partial charge in [-0.25, -0.2) is 0 Å². The van der Waals surface area contributed by atoms with E-state index in [-0.39, 0.29) is 31.1 Å². The van der Waals surface area contributed by atoms with Crippen molar-refractivity contribution in [2.24, 2.45) is 0 Å². The Morgan fingerprint density at radius 3 is 1.42 bits per heavy atom. The lowest BCUT2D eigenvalue weighted by molar-refractivity contribution is -0.131. The molecule has 0 amide bonds. The van der Waals surface area contributed by atoms with Crippen molar-refractivity contribution in [2.45, 2.75) is 24.9 Å². The number of hydrogen-bond acceptors (Lipinski definition) is 7. The normalized spacial score (nSPS) is 19.9. The van der Waals surface area contributed by atoms with Crippen LogP contribution in [0.15, 0.2) is 57.5 Å². The first-order chi connectivity index (χ1) is 18.5. The molecule has 38 heavy (non-hydrogen) atoms. The molecule has 0 saturated carbocycles. The fraction of sp³-hybridized carbons (Fsp3) is 0.552. The summed E-state index contributed by atoms with van der Waals surface area (Å²) < 4.78 is 2.05. The summed E-state index contributed by atoms with van der Waals surface area (Å²) in [5.41, 5.74) is 2.31. The quantitative estimate of drug-likeness (QED) is 0.366. The van der Waals surface area contributed by atoms with Crippen molar-refractivity contribution in [3.05, 3.63) is 68.6 Å². The molecule has 2 atom stereocenters. The maximum Gasteiger partial charge on any atom is 0.167 e. The van der Waals surface area contributed by atoms with Crippen molar-refractivity contribution in [3.63, 3.8) is 0 Å². The molecule has 0 aromatic heterocycles. The average Bonchev–Trinajstić information content (AvgIpc) is 2.92. The fourth-order valence-corrected chi connectivity index (χ4v) is 6.59. The number of hydrogen-bond donors (Lipinski definition) is 2. The van der Waals surface area contributed by atoms with E-state index in [2.05, 4.69) is 75.7 Å². The van der Waals surface area contributed by atoms with Crippen LogP contribution in [0, 0.1) is 0 Å². The highest BCUT2D eigenvalue weighted by molar-refractivity contribution is 9.10. The number of nitrogens with zero attached hydrogens (tertiary/aromatic N) is 4. The van der Waals surface area contributed by atoms with E-state index in [1.807, 2.05) is 24.3 Å². The van der Waals surface area contributed by atoms with Crippen LogP contribution >= 0.6 is 31.9 Å². The third-order valence-electron chi connectivity index (χ3n) is 7.82. The number of Topliss-reactive ketones (excluding diaryl/α,β-unsaturated/α-hetero) is 1. The number of carbonyl (C=O) groups is 1. The van der Waals surface area contributed by atoms with E-state index in [4.69, 9.17) is 0 Å². The van der Waals surface area contributed by atoms with Crippen molar-refractivity contribution in [1.82, 2.24) is 19.6 Å². The van der Waals surface area contributed by atoms with Crippen LogP contribution < -0.4 is 0 Å². The van der Waals surface area contributed by atoms with E-state index in [1.165, 1.54) is 0 Å². The molecule has 7 nitrogen and oxygen atoms in total. The van der Waals surface area contributed by atoms with Crippen LogP contribution in [0.4, 0.5) is 0 Å². The largest absolute Gasteiger partial charge is 0.395 e. The average molecular weight is 652 g/mol. The summed E-state index contributed by atoms with van der Waals surface area (Å²) >= 11 is 7.21. The van der Waals surface area contributed by atoms with Crippen molar-refractivity contribution < 1.29 is 15.0 Å². The van der Waals surface area contributed by atoms with Crippen molar-refractivity contribution >= 4 is 37.6 Å². The predicted octanol–water partition coefficient (Wildman–Crippen LogP) is 2.52. The monoisotopic (exact) mass is 650 g/mol. The number of ketones is 1. The summed E-state index contributed by atoms with van der Waals surface area (Å²) in [4.78, 5) is 23.9. The highest BCUT2D eigenvalue weighted by Gasteiger charge is 2.37. The topological polar surface area (TPSA) is 70.5 Å². The number of aliphatic hydroxyl groups excluding tert-OH is 2. The molecule has 9 heteroatoms. The van der Waals surface area contributed by atoms with Gasteiger partial charge in [-0.15, -0.1) is 0 Å². The van der Waals surface area contributed by atoms with E-state index < -0.39 is 0 Å². The lowest BCUT2D eigenvalue weighted by Crippen LogP contribution is -2.60. The van der Waals surface area contributed by atoms with Crippen LogP contribution in [0.2, 0.25) is 0 Å². The van der Waals surface area contributed by atoms with Gasteiger partial charge >= 0.3 is 0 Å². The Balaban J connectivity index is 1.59. The first kappa shape index (κ1) is 29.8. The Morgan fingerprint density at radius 2 is 1.08 bits per heavy atom. The van der Waals surface area contributed by atoms with Crippen molar-refractivity contribution in [2.75, 3.05) is 78.7 Å². The van der Waals surface area contributed by atoms with Crippen LogP contribution in [0.25, 0.3) is 0 Å². The minimum Gasteiger partial charge on any atom is -0.395 e. The molecule has 0 spiro atoms. The van der Waals surface area contributed by atoms with Gasteiger partial charge in [0.1, 0.15) is 0 Å². The maximum absolute atomic E-state index is 14.6. The highest BCUT2D eigenvalue weighted by atomic mass is 79.9. The van der Waals surface area contributed by atoms with Crippen LogP contribution in [0.3, 0.4) is 0 Å². The Hall–Kier alpha value is -1.17. The minimum atomic E-state index is -0.215. The molecule has 2 aromatic rings.